The van der Waals surface area contributed by atoms with Crippen LogP contribution in [0.4, 0.5) is 17.6 Å². The summed E-state index contributed by atoms with van der Waals surface area (Å²) in [6.07, 6.45) is -3.08. The van der Waals surface area contributed by atoms with Crippen molar-refractivity contribution in [3.05, 3.63) is 59.3 Å². The van der Waals surface area contributed by atoms with E-state index in [0.29, 0.717) is 18.4 Å². The van der Waals surface area contributed by atoms with Crippen molar-refractivity contribution >= 4 is 0 Å². The fourth-order valence-electron chi connectivity index (χ4n) is 1.70. The summed E-state index contributed by atoms with van der Waals surface area (Å²) < 4.78 is 56.1. The van der Waals surface area contributed by atoms with E-state index in [9.17, 15) is 17.6 Å². The number of hydrogen-bond acceptors (Lipinski definition) is 2. The molecule has 0 spiro atoms. The van der Waals surface area contributed by atoms with Gasteiger partial charge in [0.15, 0.2) is 0 Å². The molecular formula is C13H11F4NO. The molecule has 0 radical (unpaired) electrons. The van der Waals surface area contributed by atoms with E-state index in [0.717, 1.165) is 12.1 Å². The maximum Gasteiger partial charge on any atom is 0.416 e. The zero-order valence-corrected chi connectivity index (χ0v) is 9.80. The summed E-state index contributed by atoms with van der Waals surface area (Å²) in [4.78, 5) is 0. The molecule has 0 amide bonds. The smallest absolute Gasteiger partial charge is 0.416 e. The van der Waals surface area contributed by atoms with Crippen LogP contribution in [0.5, 0.6) is 0 Å². The highest BCUT2D eigenvalue weighted by Crippen LogP contribution is 2.32. The van der Waals surface area contributed by atoms with Gasteiger partial charge in [-0.2, -0.15) is 13.2 Å². The minimum atomic E-state index is -4.57. The molecule has 0 atom stereocenters. The van der Waals surface area contributed by atoms with Crippen LogP contribution in [0.3, 0.4) is 0 Å². The van der Waals surface area contributed by atoms with Crippen LogP contribution < -0.4 is 5.32 Å². The minimum Gasteiger partial charge on any atom is -0.468 e. The second-order valence-electron chi connectivity index (χ2n) is 3.98. The van der Waals surface area contributed by atoms with Crippen molar-refractivity contribution in [3.63, 3.8) is 0 Å². The van der Waals surface area contributed by atoms with Gasteiger partial charge in [-0.15, -0.1) is 0 Å². The molecule has 0 fully saturated rings. The third kappa shape index (κ3) is 3.57. The number of benzene rings is 1. The van der Waals surface area contributed by atoms with E-state index >= 15 is 0 Å². The zero-order chi connectivity index (χ0) is 13.9. The van der Waals surface area contributed by atoms with Crippen LogP contribution in [-0.2, 0) is 19.3 Å². The molecule has 19 heavy (non-hydrogen) atoms. The van der Waals surface area contributed by atoms with Crippen LogP contribution >= 0.6 is 0 Å². The lowest BCUT2D eigenvalue weighted by atomic mass is 10.1. The number of halogens is 4. The van der Waals surface area contributed by atoms with Gasteiger partial charge < -0.3 is 9.73 Å². The minimum absolute atomic E-state index is 0.000422. The second-order valence-corrected chi connectivity index (χ2v) is 3.98. The van der Waals surface area contributed by atoms with Gasteiger partial charge in [-0.1, -0.05) is 6.07 Å². The summed E-state index contributed by atoms with van der Waals surface area (Å²) >= 11 is 0. The molecule has 0 aliphatic carbocycles. The molecule has 1 aromatic heterocycles. The summed E-state index contributed by atoms with van der Waals surface area (Å²) in [6, 6.07) is 6.05. The van der Waals surface area contributed by atoms with Crippen LogP contribution in [0.1, 0.15) is 16.9 Å². The van der Waals surface area contributed by atoms with Gasteiger partial charge in [0.1, 0.15) is 11.6 Å². The highest BCUT2D eigenvalue weighted by atomic mass is 19.4. The van der Waals surface area contributed by atoms with Crippen molar-refractivity contribution < 1.29 is 22.0 Å². The van der Waals surface area contributed by atoms with Crippen molar-refractivity contribution in [3.8, 4) is 0 Å². The quantitative estimate of drug-likeness (QED) is 0.859. The summed E-state index contributed by atoms with van der Waals surface area (Å²) in [7, 11) is 0. The second kappa shape index (κ2) is 5.44. The van der Waals surface area contributed by atoms with Gasteiger partial charge in [-0.05, 0) is 29.8 Å². The first-order valence-corrected chi connectivity index (χ1v) is 5.55. The van der Waals surface area contributed by atoms with Gasteiger partial charge in [0, 0.05) is 6.54 Å². The first-order chi connectivity index (χ1) is 8.97. The Kier molecular flexibility index (Phi) is 3.90. The van der Waals surface area contributed by atoms with E-state index in [1.807, 2.05) is 0 Å². The molecule has 1 aromatic carbocycles. The van der Waals surface area contributed by atoms with Crippen molar-refractivity contribution in [2.75, 3.05) is 0 Å². The summed E-state index contributed by atoms with van der Waals surface area (Å²) in [6.45, 7) is 0.289. The molecule has 1 N–H and O–H groups in total. The van der Waals surface area contributed by atoms with Gasteiger partial charge >= 0.3 is 6.18 Å². The summed E-state index contributed by atoms with van der Waals surface area (Å²) in [5, 5.41) is 2.82. The Morgan fingerprint density at radius 3 is 2.53 bits per heavy atom. The molecule has 102 valence electrons. The largest absolute Gasteiger partial charge is 0.468 e. The van der Waals surface area contributed by atoms with Crippen molar-refractivity contribution in [2.24, 2.45) is 0 Å². The predicted octanol–water partition coefficient (Wildman–Crippen LogP) is 3.73. The van der Waals surface area contributed by atoms with Crippen LogP contribution in [0.2, 0.25) is 0 Å². The SMILES string of the molecule is Fc1ccc(CNCc2ccco2)c(C(F)(F)F)c1. The van der Waals surface area contributed by atoms with Gasteiger partial charge in [-0.25, -0.2) is 4.39 Å². The Hall–Kier alpha value is -1.82. The molecule has 2 rings (SSSR count). The Morgan fingerprint density at radius 1 is 1.11 bits per heavy atom. The maximum atomic E-state index is 12.9. The highest BCUT2D eigenvalue weighted by molar-refractivity contribution is 5.30. The number of nitrogens with one attached hydrogen (secondary N) is 1. The molecule has 0 saturated carbocycles. The third-order valence-corrected chi connectivity index (χ3v) is 2.57. The normalized spacial score (nSPS) is 11.8. The lowest BCUT2D eigenvalue weighted by Crippen LogP contribution is -2.17. The fraction of sp³-hybridized carbons (Fsp3) is 0.231. The molecule has 2 aromatic rings. The average Bonchev–Trinajstić information content (AvgIpc) is 2.83. The van der Waals surface area contributed by atoms with Gasteiger partial charge in [-0.3, -0.25) is 0 Å². The Bertz CT molecular complexity index is 534. The maximum absolute atomic E-state index is 12.9. The lowest BCUT2D eigenvalue weighted by Gasteiger charge is -2.13. The van der Waals surface area contributed by atoms with E-state index < -0.39 is 17.6 Å². The molecule has 1 heterocycles. The van der Waals surface area contributed by atoms with Gasteiger partial charge in [0.05, 0.1) is 18.4 Å². The van der Waals surface area contributed by atoms with Crippen molar-refractivity contribution in [1.82, 2.24) is 5.32 Å². The van der Waals surface area contributed by atoms with Crippen LogP contribution in [0.15, 0.2) is 41.0 Å². The van der Waals surface area contributed by atoms with E-state index in [4.69, 9.17) is 4.42 Å². The molecule has 0 unspecified atom stereocenters. The molecule has 0 aliphatic heterocycles. The molecule has 0 bridgehead atoms. The Balaban J connectivity index is 2.07. The van der Waals surface area contributed by atoms with E-state index in [2.05, 4.69) is 5.32 Å². The van der Waals surface area contributed by atoms with Crippen LogP contribution in [0.25, 0.3) is 0 Å². The van der Waals surface area contributed by atoms with Gasteiger partial charge in [0.25, 0.3) is 0 Å². The number of furan rings is 1. The Morgan fingerprint density at radius 2 is 1.89 bits per heavy atom. The van der Waals surface area contributed by atoms with E-state index in [-0.39, 0.29) is 12.1 Å². The molecule has 6 heteroatoms. The average molecular weight is 273 g/mol. The van der Waals surface area contributed by atoms with Crippen molar-refractivity contribution in [2.45, 2.75) is 19.3 Å². The van der Waals surface area contributed by atoms with Crippen LogP contribution in [0, 0.1) is 5.82 Å². The van der Waals surface area contributed by atoms with Gasteiger partial charge in [0.2, 0.25) is 0 Å². The number of rotatable bonds is 4. The topological polar surface area (TPSA) is 25.2 Å². The predicted molar refractivity (Wildman–Crippen MR) is 60.7 cm³/mol. The first-order valence-electron chi connectivity index (χ1n) is 5.55. The van der Waals surface area contributed by atoms with E-state index in [1.54, 1.807) is 12.1 Å². The lowest BCUT2D eigenvalue weighted by molar-refractivity contribution is -0.138. The third-order valence-electron chi connectivity index (χ3n) is 2.57. The fourth-order valence-corrected chi connectivity index (χ4v) is 1.70. The van der Waals surface area contributed by atoms with Crippen LogP contribution in [-0.4, -0.2) is 0 Å². The molecule has 2 nitrogen and oxygen atoms in total. The highest BCUT2D eigenvalue weighted by Gasteiger charge is 2.33. The monoisotopic (exact) mass is 273 g/mol. The summed E-state index contributed by atoms with van der Waals surface area (Å²) in [5.41, 5.74) is -0.958. The molecule has 0 aliphatic rings. The van der Waals surface area contributed by atoms with E-state index in [1.165, 1.54) is 6.26 Å². The Labute approximate surface area is 107 Å². The first kappa shape index (κ1) is 13.6. The molecule has 0 saturated heterocycles. The number of hydrogen-bond donors (Lipinski definition) is 1. The summed E-state index contributed by atoms with van der Waals surface area (Å²) in [5.74, 6) is -0.280. The number of alkyl halides is 3. The molecular weight excluding hydrogens is 262 g/mol. The van der Waals surface area contributed by atoms with Crippen molar-refractivity contribution in [1.29, 1.82) is 0 Å². The standard InChI is InChI=1S/C13H11F4NO/c14-10-4-3-9(12(6-10)13(15,16)17)7-18-8-11-2-1-5-19-11/h1-6,18H,7-8H2. The zero-order valence-electron chi connectivity index (χ0n) is 9.80.